The van der Waals surface area contributed by atoms with Crippen molar-refractivity contribution in [3.8, 4) is 0 Å². The Morgan fingerprint density at radius 2 is 1.58 bits per heavy atom. The van der Waals surface area contributed by atoms with Crippen LogP contribution in [0.15, 0.2) is 60.7 Å². The first-order chi connectivity index (χ1) is 12.6. The van der Waals surface area contributed by atoms with Crippen LogP contribution in [-0.2, 0) is 32.1 Å². The molecule has 1 amide bonds. The van der Waals surface area contributed by atoms with E-state index in [0.717, 1.165) is 11.1 Å². The average Bonchev–Trinajstić information content (AvgIpc) is 2.65. The first kappa shape index (κ1) is 19.2. The van der Waals surface area contributed by atoms with Crippen molar-refractivity contribution in [2.75, 3.05) is 0 Å². The van der Waals surface area contributed by atoms with E-state index >= 15 is 0 Å². The third kappa shape index (κ3) is 6.39. The lowest BCUT2D eigenvalue weighted by Crippen LogP contribution is -2.47. The van der Waals surface area contributed by atoms with E-state index in [1.165, 1.54) is 6.92 Å². The molecular formula is C20H21NO5. The van der Waals surface area contributed by atoms with Gasteiger partial charge in [-0.3, -0.25) is 9.59 Å². The number of esters is 1. The van der Waals surface area contributed by atoms with Crippen molar-refractivity contribution >= 4 is 18.3 Å². The first-order valence-corrected chi connectivity index (χ1v) is 8.22. The topological polar surface area (TPSA) is 81.7 Å². The zero-order chi connectivity index (χ0) is 18.8. The van der Waals surface area contributed by atoms with Gasteiger partial charge < -0.3 is 14.8 Å². The van der Waals surface area contributed by atoms with Gasteiger partial charge in [0, 0.05) is 6.92 Å². The number of hydrogen-bond acceptors (Lipinski definition) is 5. The average molecular weight is 355 g/mol. The summed E-state index contributed by atoms with van der Waals surface area (Å²) in [7, 11) is 0. The van der Waals surface area contributed by atoms with Gasteiger partial charge in [-0.25, -0.2) is 4.79 Å². The number of alkyl carbamates (subject to hydrolysis) is 1. The highest BCUT2D eigenvalue weighted by atomic mass is 16.6. The molecule has 0 spiro atoms. The lowest BCUT2D eigenvalue weighted by Gasteiger charge is -2.23. The fraction of sp³-hybridized carbons (Fsp3) is 0.250. The molecule has 0 aliphatic heterocycles. The third-order valence-corrected chi connectivity index (χ3v) is 3.65. The summed E-state index contributed by atoms with van der Waals surface area (Å²) < 4.78 is 10.2. The highest BCUT2D eigenvalue weighted by Crippen LogP contribution is 2.09. The molecule has 0 fully saturated rings. The fourth-order valence-corrected chi connectivity index (χ4v) is 2.43. The van der Waals surface area contributed by atoms with Gasteiger partial charge in [0.1, 0.15) is 6.61 Å². The van der Waals surface area contributed by atoms with E-state index in [4.69, 9.17) is 9.47 Å². The number of rotatable bonds is 8. The Bertz CT molecular complexity index is 717. The molecule has 26 heavy (non-hydrogen) atoms. The summed E-state index contributed by atoms with van der Waals surface area (Å²) in [5.74, 6) is -0.598. The molecule has 0 saturated heterocycles. The molecule has 136 valence electrons. The monoisotopic (exact) mass is 355 g/mol. The lowest BCUT2D eigenvalue weighted by molar-refractivity contribution is -0.150. The zero-order valence-corrected chi connectivity index (χ0v) is 14.5. The Kier molecular flexibility index (Phi) is 7.36. The van der Waals surface area contributed by atoms with Crippen LogP contribution in [0.3, 0.4) is 0 Å². The predicted octanol–water partition coefficient (Wildman–Crippen LogP) is 2.65. The van der Waals surface area contributed by atoms with Crippen LogP contribution in [0.25, 0.3) is 0 Å². The third-order valence-electron chi connectivity index (χ3n) is 3.65. The first-order valence-electron chi connectivity index (χ1n) is 8.22. The van der Waals surface area contributed by atoms with Crippen LogP contribution in [0.5, 0.6) is 0 Å². The standard InChI is InChI=1S/C20H21NO5/c1-15(23)26-19(13-22)18(12-16-8-4-2-5-9-16)21-20(24)25-14-17-10-6-3-7-11-17/h2-11,13,18-19H,12,14H2,1H3,(H,21,24)/t18?,19-/m1/s1. The van der Waals surface area contributed by atoms with E-state index in [9.17, 15) is 14.4 Å². The normalized spacial score (nSPS) is 12.5. The molecule has 0 aliphatic carbocycles. The smallest absolute Gasteiger partial charge is 0.407 e. The minimum atomic E-state index is -1.10. The molecule has 2 aromatic carbocycles. The van der Waals surface area contributed by atoms with Gasteiger partial charge in [-0.15, -0.1) is 0 Å². The molecule has 1 N–H and O–H groups in total. The van der Waals surface area contributed by atoms with Gasteiger partial charge in [-0.2, -0.15) is 0 Å². The largest absolute Gasteiger partial charge is 0.453 e. The van der Waals surface area contributed by atoms with E-state index in [0.29, 0.717) is 12.7 Å². The number of carbonyl (C=O) groups excluding carboxylic acids is 3. The molecule has 2 rings (SSSR count). The van der Waals surface area contributed by atoms with E-state index in [2.05, 4.69) is 5.32 Å². The number of ether oxygens (including phenoxy) is 2. The maximum absolute atomic E-state index is 12.1. The molecule has 1 unspecified atom stereocenters. The number of amides is 1. The SMILES string of the molecule is CC(=O)O[C@H](C=O)C(Cc1ccccc1)NC(=O)OCc1ccccc1. The Labute approximate surface area is 152 Å². The molecule has 2 atom stereocenters. The van der Waals surface area contributed by atoms with E-state index in [-0.39, 0.29) is 6.61 Å². The molecular weight excluding hydrogens is 334 g/mol. The molecule has 6 nitrogen and oxygen atoms in total. The fourth-order valence-electron chi connectivity index (χ4n) is 2.43. The Hall–Kier alpha value is -3.15. The number of nitrogens with one attached hydrogen (secondary N) is 1. The van der Waals surface area contributed by atoms with Crippen LogP contribution in [0.2, 0.25) is 0 Å². The number of aldehydes is 1. The highest BCUT2D eigenvalue weighted by Gasteiger charge is 2.26. The number of hydrogen-bond donors (Lipinski definition) is 1. The van der Waals surface area contributed by atoms with Crippen LogP contribution in [0.1, 0.15) is 18.1 Å². The molecule has 0 radical (unpaired) electrons. The quantitative estimate of drug-likeness (QED) is 0.581. The molecule has 0 saturated carbocycles. The predicted molar refractivity (Wildman–Crippen MR) is 95.3 cm³/mol. The summed E-state index contributed by atoms with van der Waals surface area (Å²) in [4.78, 5) is 34.7. The van der Waals surface area contributed by atoms with Gasteiger partial charge >= 0.3 is 12.1 Å². The zero-order valence-electron chi connectivity index (χ0n) is 14.5. The van der Waals surface area contributed by atoms with Crippen molar-refractivity contribution in [1.29, 1.82) is 0 Å². The van der Waals surface area contributed by atoms with Crippen molar-refractivity contribution in [2.24, 2.45) is 0 Å². The summed E-state index contributed by atoms with van der Waals surface area (Å²) in [5.41, 5.74) is 1.73. The van der Waals surface area contributed by atoms with Crippen molar-refractivity contribution in [3.63, 3.8) is 0 Å². The molecule has 0 heterocycles. The second-order valence-corrected chi connectivity index (χ2v) is 5.71. The molecule has 0 aliphatic rings. The Morgan fingerprint density at radius 1 is 1.00 bits per heavy atom. The second kappa shape index (κ2) is 9.98. The molecule has 2 aromatic rings. The van der Waals surface area contributed by atoms with Gasteiger partial charge in [-0.05, 0) is 17.5 Å². The minimum Gasteiger partial charge on any atom is -0.453 e. The minimum absolute atomic E-state index is 0.101. The van der Waals surface area contributed by atoms with Crippen molar-refractivity contribution in [3.05, 3.63) is 71.8 Å². The highest BCUT2D eigenvalue weighted by molar-refractivity contribution is 5.72. The van der Waals surface area contributed by atoms with Crippen LogP contribution in [-0.4, -0.2) is 30.5 Å². The second-order valence-electron chi connectivity index (χ2n) is 5.71. The summed E-state index contributed by atoms with van der Waals surface area (Å²) in [6, 6.07) is 17.8. The van der Waals surface area contributed by atoms with Crippen molar-refractivity contribution < 1.29 is 23.9 Å². The lowest BCUT2D eigenvalue weighted by atomic mass is 10.0. The molecule has 0 aromatic heterocycles. The number of benzene rings is 2. The van der Waals surface area contributed by atoms with Gasteiger partial charge in [0.05, 0.1) is 6.04 Å². The Balaban J connectivity index is 2.02. The van der Waals surface area contributed by atoms with Crippen LogP contribution in [0.4, 0.5) is 4.79 Å². The summed E-state index contributed by atoms with van der Waals surface area (Å²) in [5, 5.41) is 2.62. The van der Waals surface area contributed by atoms with Crippen molar-refractivity contribution in [2.45, 2.75) is 32.1 Å². The molecule has 0 bridgehead atoms. The Morgan fingerprint density at radius 3 is 2.12 bits per heavy atom. The maximum Gasteiger partial charge on any atom is 0.407 e. The van der Waals surface area contributed by atoms with Crippen LogP contribution >= 0.6 is 0 Å². The maximum atomic E-state index is 12.1. The summed E-state index contributed by atoms with van der Waals surface area (Å²) >= 11 is 0. The summed E-state index contributed by atoms with van der Waals surface area (Å²) in [6.45, 7) is 1.31. The summed E-state index contributed by atoms with van der Waals surface area (Å²) in [6.07, 6.45) is -0.962. The van der Waals surface area contributed by atoms with Crippen LogP contribution in [0, 0.1) is 0 Å². The number of carbonyl (C=O) groups is 3. The van der Waals surface area contributed by atoms with Gasteiger partial charge in [-0.1, -0.05) is 60.7 Å². The molecule has 6 heteroatoms. The van der Waals surface area contributed by atoms with Gasteiger partial charge in [0.2, 0.25) is 0 Å². The van der Waals surface area contributed by atoms with E-state index < -0.39 is 24.2 Å². The van der Waals surface area contributed by atoms with Crippen molar-refractivity contribution in [1.82, 2.24) is 5.32 Å². The van der Waals surface area contributed by atoms with E-state index in [1.807, 2.05) is 60.7 Å². The van der Waals surface area contributed by atoms with Gasteiger partial charge in [0.15, 0.2) is 12.4 Å². The van der Waals surface area contributed by atoms with E-state index in [1.54, 1.807) is 0 Å². The van der Waals surface area contributed by atoms with Gasteiger partial charge in [0.25, 0.3) is 0 Å². The van der Waals surface area contributed by atoms with Crippen LogP contribution < -0.4 is 5.32 Å².